The minimum absolute atomic E-state index is 0.195. The Balaban J connectivity index is 1.99. The number of hydrogen-bond donors (Lipinski definition) is 1. The molecule has 7 nitrogen and oxygen atoms in total. The van der Waals surface area contributed by atoms with Crippen LogP contribution in [0.4, 0.5) is 5.69 Å². The van der Waals surface area contributed by atoms with Crippen LogP contribution in [0.1, 0.15) is 12.0 Å². The van der Waals surface area contributed by atoms with Crippen molar-refractivity contribution in [3.63, 3.8) is 0 Å². The van der Waals surface area contributed by atoms with Crippen molar-refractivity contribution in [1.29, 1.82) is 0 Å². The molecule has 2 aromatic rings. The Morgan fingerprint density at radius 1 is 1.29 bits per heavy atom. The predicted molar refractivity (Wildman–Crippen MR) is 89.9 cm³/mol. The largest absolute Gasteiger partial charge is 0.748 e. The molecule has 0 amide bonds. The number of hydrogen-bond acceptors (Lipinski definition) is 6. The van der Waals surface area contributed by atoms with Gasteiger partial charge in [-0.2, -0.15) is 5.10 Å². The first-order chi connectivity index (χ1) is 11.3. The normalized spacial score (nSPS) is 11.8. The first-order valence-corrected chi connectivity index (χ1v) is 8.91. The van der Waals surface area contributed by atoms with E-state index in [-0.39, 0.29) is 17.9 Å². The van der Waals surface area contributed by atoms with Gasteiger partial charge in [-0.15, -0.1) is 0 Å². The fourth-order valence-corrected chi connectivity index (χ4v) is 2.55. The van der Waals surface area contributed by atoms with E-state index < -0.39 is 10.1 Å². The third-order valence-corrected chi connectivity index (χ3v) is 4.08. The molecule has 0 atom stereocenters. The van der Waals surface area contributed by atoms with Crippen molar-refractivity contribution in [1.82, 2.24) is 0 Å². The van der Waals surface area contributed by atoms with Crippen LogP contribution in [0.25, 0.3) is 0 Å². The molecule has 1 N–H and O–H groups in total. The van der Waals surface area contributed by atoms with E-state index in [9.17, 15) is 18.1 Å². The summed E-state index contributed by atoms with van der Waals surface area (Å²) in [6, 6.07) is 10.4. The van der Waals surface area contributed by atoms with Crippen LogP contribution >= 0.6 is 0 Å². The summed E-state index contributed by atoms with van der Waals surface area (Å²) in [5.41, 5.74) is 1.67. The van der Waals surface area contributed by atoms with Crippen LogP contribution in [0.15, 0.2) is 53.9 Å². The zero-order valence-electron chi connectivity index (χ0n) is 13.2. The molecule has 0 bridgehead atoms. The van der Waals surface area contributed by atoms with E-state index in [2.05, 4.69) is 5.10 Å². The summed E-state index contributed by atoms with van der Waals surface area (Å²) in [6.07, 6.45) is 5.57. The van der Waals surface area contributed by atoms with E-state index in [1.165, 1.54) is 0 Å². The number of hydrazone groups is 1. The number of pyridine rings is 1. The van der Waals surface area contributed by atoms with Crippen molar-refractivity contribution >= 4 is 22.0 Å². The number of phenolic OH excluding ortho intramolecular Hbond substituents is 1. The molecule has 0 fully saturated rings. The molecule has 0 aliphatic carbocycles. The number of phenols is 1. The minimum Gasteiger partial charge on any atom is -0.748 e. The second kappa shape index (κ2) is 7.89. The second-order valence-electron chi connectivity index (χ2n) is 5.28. The fourth-order valence-electron chi connectivity index (χ4n) is 2.07. The molecule has 0 saturated carbocycles. The van der Waals surface area contributed by atoms with Gasteiger partial charge < -0.3 is 9.66 Å². The number of rotatable bonds is 7. The lowest BCUT2D eigenvalue weighted by Crippen LogP contribution is -2.34. The summed E-state index contributed by atoms with van der Waals surface area (Å²) >= 11 is 0. The average Bonchev–Trinajstić information content (AvgIpc) is 2.52. The minimum atomic E-state index is -4.17. The number of aromatic nitrogens is 1. The number of aromatic hydroxyl groups is 1. The van der Waals surface area contributed by atoms with Crippen molar-refractivity contribution in [3.8, 4) is 5.75 Å². The summed E-state index contributed by atoms with van der Waals surface area (Å²) in [5.74, 6) is -0.178. The van der Waals surface area contributed by atoms with Crippen LogP contribution in [0.2, 0.25) is 0 Å². The van der Waals surface area contributed by atoms with Gasteiger partial charge in [-0.05, 0) is 30.3 Å². The zero-order chi connectivity index (χ0) is 17.6. The molecule has 2 rings (SSSR count). The molecule has 1 aromatic carbocycles. The molecule has 0 radical (unpaired) electrons. The summed E-state index contributed by atoms with van der Waals surface area (Å²) in [5, 5.41) is 15.3. The van der Waals surface area contributed by atoms with Crippen LogP contribution in [0.5, 0.6) is 5.75 Å². The third kappa shape index (κ3) is 5.98. The molecule has 128 valence electrons. The van der Waals surface area contributed by atoms with Gasteiger partial charge >= 0.3 is 0 Å². The molecule has 0 aliphatic rings. The lowest BCUT2D eigenvalue weighted by Gasteiger charge is -2.12. The highest BCUT2D eigenvalue weighted by atomic mass is 32.2. The van der Waals surface area contributed by atoms with Gasteiger partial charge in [-0.3, -0.25) is 5.01 Å². The molecule has 0 saturated heterocycles. The molecule has 24 heavy (non-hydrogen) atoms. The summed E-state index contributed by atoms with van der Waals surface area (Å²) < 4.78 is 33.7. The van der Waals surface area contributed by atoms with E-state index >= 15 is 0 Å². The molecule has 8 heteroatoms. The Kier molecular flexibility index (Phi) is 5.88. The van der Waals surface area contributed by atoms with Crippen LogP contribution in [0, 0.1) is 0 Å². The van der Waals surface area contributed by atoms with Gasteiger partial charge in [-0.1, -0.05) is 0 Å². The Morgan fingerprint density at radius 3 is 2.67 bits per heavy atom. The van der Waals surface area contributed by atoms with Gasteiger partial charge in [0, 0.05) is 25.3 Å². The quantitative estimate of drug-likeness (QED) is 0.349. The van der Waals surface area contributed by atoms with Crippen molar-refractivity contribution in [2.75, 3.05) is 17.8 Å². The second-order valence-corrected chi connectivity index (χ2v) is 6.80. The van der Waals surface area contributed by atoms with Gasteiger partial charge in [0.2, 0.25) is 0 Å². The summed E-state index contributed by atoms with van der Waals surface area (Å²) in [4.78, 5) is 0. The van der Waals surface area contributed by atoms with E-state index in [0.29, 0.717) is 6.54 Å². The van der Waals surface area contributed by atoms with Gasteiger partial charge in [-0.25, -0.2) is 13.0 Å². The average molecular weight is 349 g/mol. The molecule has 1 aromatic heterocycles. The van der Waals surface area contributed by atoms with Crippen molar-refractivity contribution in [2.45, 2.75) is 13.0 Å². The van der Waals surface area contributed by atoms with Crippen LogP contribution in [-0.2, 0) is 16.7 Å². The molecule has 0 aliphatic heterocycles. The fraction of sp³-hybridized carbons (Fsp3) is 0.250. The molecule has 0 spiro atoms. The molecular formula is C16H19N3O4S. The van der Waals surface area contributed by atoms with Crippen LogP contribution in [0.3, 0.4) is 0 Å². The maximum absolute atomic E-state index is 10.6. The van der Waals surface area contributed by atoms with E-state index in [4.69, 9.17) is 0 Å². The highest BCUT2D eigenvalue weighted by molar-refractivity contribution is 7.85. The Hall–Kier alpha value is -2.45. The Bertz CT molecular complexity index is 804. The molecule has 0 unspecified atom stereocenters. The molecular weight excluding hydrogens is 330 g/mol. The smallest absolute Gasteiger partial charge is 0.177 e. The van der Waals surface area contributed by atoms with E-state index in [0.717, 1.165) is 11.3 Å². The number of benzene rings is 1. The number of anilines is 1. The Morgan fingerprint density at radius 2 is 2.00 bits per heavy atom. The lowest BCUT2D eigenvalue weighted by atomic mass is 10.3. The highest BCUT2D eigenvalue weighted by Crippen LogP contribution is 2.17. The monoisotopic (exact) mass is 349 g/mol. The standard InChI is InChI=1S/C16H19N3O4S/c1-18(15-5-7-16(20)8-6-15)17-12-14-4-2-9-19(13-14)10-3-11-24(21,22)23/h2,4-9,12-13H,3,10-11H2,1H3,(H-,20,21,22,23). The van der Waals surface area contributed by atoms with Gasteiger partial charge in [0.05, 0.1) is 27.6 Å². The van der Waals surface area contributed by atoms with Crippen molar-refractivity contribution < 1.29 is 22.6 Å². The van der Waals surface area contributed by atoms with Crippen molar-refractivity contribution in [3.05, 3.63) is 54.4 Å². The zero-order valence-corrected chi connectivity index (χ0v) is 14.1. The summed E-state index contributed by atoms with van der Waals surface area (Å²) in [7, 11) is -2.38. The predicted octanol–water partition coefficient (Wildman–Crippen LogP) is 1.09. The van der Waals surface area contributed by atoms with E-state index in [1.54, 1.807) is 48.7 Å². The first-order valence-electron chi connectivity index (χ1n) is 7.33. The van der Waals surface area contributed by atoms with Gasteiger partial charge in [0.25, 0.3) is 0 Å². The van der Waals surface area contributed by atoms with Crippen LogP contribution < -0.4 is 9.58 Å². The highest BCUT2D eigenvalue weighted by Gasteiger charge is 2.04. The Labute approximate surface area is 141 Å². The lowest BCUT2D eigenvalue weighted by molar-refractivity contribution is -0.696. The SMILES string of the molecule is CN(N=Cc1ccc[n+](CCCS(=O)(=O)[O-])c1)c1ccc(O)cc1. The van der Waals surface area contributed by atoms with Crippen LogP contribution in [-0.4, -0.2) is 37.1 Å². The number of nitrogens with zero attached hydrogens (tertiary/aromatic N) is 3. The third-order valence-electron chi connectivity index (χ3n) is 3.30. The molecule has 1 heterocycles. The maximum atomic E-state index is 10.6. The number of aryl methyl sites for hydroxylation is 1. The summed E-state index contributed by atoms with van der Waals surface area (Å²) in [6.45, 7) is 0.441. The van der Waals surface area contributed by atoms with Gasteiger partial charge in [0.1, 0.15) is 12.3 Å². The van der Waals surface area contributed by atoms with Crippen molar-refractivity contribution in [2.24, 2.45) is 5.10 Å². The van der Waals surface area contributed by atoms with E-state index in [1.807, 2.05) is 22.9 Å². The maximum Gasteiger partial charge on any atom is 0.177 e. The van der Waals surface area contributed by atoms with Gasteiger partial charge in [0.15, 0.2) is 12.4 Å². The first kappa shape index (κ1) is 17.9. The topological polar surface area (TPSA) is 96.9 Å².